The minimum absolute atomic E-state index is 0.178. The van der Waals surface area contributed by atoms with Gasteiger partial charge in [0.05, 0.1) is 0 Å². The molecule has 116 valence electrons. The Hall–Kier alpha value is -2.66. The molecule has 0 atom stereocenters. The summed E-state index contributed by atoms with van der Waals surface area (Å²) in [5, 5.41) is 2.17. The zero-order valence-electron chi connectivity index (χ0n) is 12.2. The molecule has 3 aromatic rings. The van der Waals surface area contributed by atoms with Crippen molar-refractivity contribution in [2.75, 3.05) is 5.73 Å². The van der Waals surface area contributed by atoms with E-state index in [1.807, 2.05) is 30.3 Å². The molecule has 0 bridgehead atoms. The van der Waals surface area contributed by atoms with E-state index in [1.54, 1.807) is 17.5 Å². The number of nitrogens with two attached hydrogens (primary N) is 1. The Bertz CT molecular complexity index is 813. The molecule has 23 heavy (non-hydrogen) atoms. The van der Waals surface area contributed by atoms with Crippen LogP contribution in [0.25, 0.3) is 11.1 Å². The zero-order chi connectivity index (χ0) is 16.2. The number of carbonyl (C=O) groups excluding carboxylic acids is 1. The summed E-state index contributed by atoms with van der Waals surface area (Å²) >= 11 is 1.26. The minimum Gasteiger partial charge on any atom is -0.457 e. The molecule has 0 radical (unpaired) electrons. The van der Waals surface area contributed by atoms with E-state index in [0.717, 1.165) is 11.1 Å². The molecule has 3 nitrogen and oxygen atoms in total. The number of esters is 1. The van der Waals surface area contributed by atoms with Gasteiger partial charge in [0, 0.05) is 10.9 Å². The summed E-state index contributed by atoms with van der Waals surface area (Å²) in [7, 11) is 0. The maximum absolute atomic E-state index is 13.1. The highest BCUT2D eigenvalue weighted by atomic mass is 32.1. The zero-order valence-corrected chi connectivity index (χ0v) is 13.0. The first-order valence-corrected chi connectivity index (χ1v) is 7.87. The van der Waals surface area contributed by atoms with E-state index < -0.39 is 5.97 Å². The number of halogens is 1. The molecule has 1 heterocycles. The standard InChI is InChI=1S/C18H14FNO2S/c19-14-8-6-13(7-9-14)15-11-23-17(20)16(15)18(21)22-10-12-4-2-1-3-5-12/h1-9,11H,10,20H2. The second-order valence-corrected chi connectivity index (χ2v) is 5.87. The van der Waals surface area contributed by atoms with Crippen LogP contribution in [0.5, 0.6) is 0 Å². The first-order chi connectivity index (χ1) is 11.1. The molecule has 2 aromatic carbocycles. The van der Waals surface area contributed by atoms with E-state index in [4.69, 9.17) is 10.5 Å². The van der Waals surface area contributed by atoms with Crippen molar-refractivity contribution in [1.82, 2.24) is 0 Å². The Labute approximate surface area is 137 Å². The second kappa shape index (κ2) is 6.62. The molecule has 2 N–H and O–H groups in total. The Morgan fingerprint density at radius 1 is 1.09 bits per heavy atom. The highest BCUT2D eigenvalue weighted by Gasteiger charge is 2.20. The number of benzene rings is 2. The van der Waals surface area contributed by atoms with E-state index in [0.29, 0.717) is 16.1 Å². The van der Waals surface area contributed by atoms with Gasteiger partial charge in [0.25, 0.3) is 0 Å². The minimum atomic E-state index is -0.480. The van der Waals surface area contributed by atoms with E-state index in [1.165, 1.54) is 23.5 Å². The number of thiophene rings is 1. The third-order valence-electron chi connectivity index (χ3n) is 3.39. The molecule has 0 saturated carbocycles. The molecular weight excluding hydrogens is 313 g/mol. The molecule has 3 rings (SSSR count). The van der Waals surface area contributed by atoms with Crippen molar-refractivity contribution < 1.29 is 13.9 Å². The van der Waals surface area contributed by atoms with Gasteiger partial charge in [0.15, 0.2) is 0 Å². The van der Waals surface area contributed by atoms with Gasteiger partial charge in [-0.1, -0.05) is 42.5 Å². The van der Waals surface area contributed by atoms with Crippen LogP contribution in [-0.4, -0.2) is 5.97 Å². The molecule has 0 aliphatic carbocycles. The van der Waals surface area contributed by atoms with Crippen LogP contribution in [0.15, 0.2) is 60.0 Å². The monoisotopic (exact) mass is 327 g/mol. The van der Waals surface area contributed by atoms with Crippen molar-refractivity contribution in [2.24, 2.45) is 0 Å². The maximum Gasteiger partial charge on any atom is 0.342 e. The summed E-state index contributed by atoms with van der Waals surface area (Å²) in [6, 6.07) is 15.4. The van der Waals surface area contributed by atoms with Gasteiger partial charge in [-0.3, -0.25) is 0 Å². The molecule has 0 amide bonds. The van der Waals surface area contributed by atoms with Gasteiger partial charge in [-0.05, 0) is 23.3 Å². The third kappa shape index (κ3) is 3.40. The van der Waals surface area contributed by atoms with E-state index in [9.17, 15) is 9.18 Å². The number of anilines is 1. The molecule has 0 saturated heterocycles. The quantitative estimate of drug-likeness (QED) is 0.718. The van der Waals surface area contributed by atoms with Crippen molar-refractivity contribution in [3.05, 3.63) is 76.9 Å². The highest BCUT2D eigenvalue weighted by molar-refractivity contribution is 7.14. The molecule has 0 aliphatic heterocycles. The summed E-state index contributed by atoms with van der Waals surface area (Å²) in [6.45, 7) is 0.178. The molecule has 1 aromatic heterocycles. The first-order valence-electron chi connectivity index (χ1n) is 6.99. The number of hydrogen-bond donors (Lipinski definition) is 1. The number of hydrogen-bond acceptors (Lipinski definition) is 4. The molecule has 0 aliphatic rings. The smallest absolute Gasteiger partial charge is 0.342 e. The van der Waals surface area contributed by atoms with Crippen LogP contribution >= 0.6 is 11.3 Å². The summed E-state index contributed by atoms with van der Waals surface area (Å²) < 4.78 is 18.4. The van der Waals surface area contributed by atoms with Crippen LogP contribution < -0.4 is 5.73 Å². The fourth-order valence-electron chi connectivity index (χ4n) is 2.22. The lowest BCUT2D eigenvalue weighted by Gasteiger charge is -2.07. The average molecular weight is 327 g/mol. The van der Waals surface area contributed by atoms with Crippen molar-refractivity contribution in [3.63, 3.8) is 0 Å². The normalized spacial score (nSPS) is 10.5. The van der Waals surface area contributed by atoms with Crippen LogP contribution in [0.1, 0.15) is 15.9 Å². The second-order valence-electron chi connectivity index (χ2n) is 4.96. The Balaban J connectivity index is 1.83. The topological polar surface area (TPSA) is 52.3 Å². The average Bonchev–Trinajstić information content (AvgIpc) is 2.96. The lowest BCUT2D eigenvalue weighted by atomic mass is 10.0. The largest absolute Gasteiger partial charge is 0.457 e. The summed E-state index contributed by atoms with van der Waals surface area (Å²) in [4.78, 5) is 12.4. The predicted molar refractivity (Wildman–Crippen MR) is 89.7 cm³/mol. The SMILES string of the molecule is Nc1scc(-c2ccc(F)cc2)c1C(=O)OCc1ccccc1. The van der Waals surface area contributed by atoms with Crippen LogP contribution in [0, 0.1) is 5.82 Å². The Morgan fingerprint density at radius 2 is 1.78 bits per heavy atom. The van der Waals surface area contributed by atoms with E-state index >= 15 is 0 Å². The van der Waals surface area contributed by atoms with Crippen LogP contribution in [-0.2, 0) is 11.3 Å². The van der Waals surface area contributed by atoms with Gasteiger partial charge in [-0.15, -0.1) is 11.3 Å². The Morgan fingerprint density at radius 3 is 2.48 bits per heavy atom. The number of rotatable bonds is 4. The fraction of sp³-hybridized carbons (Fsp3) is 0.0556. The summed E-state index contributed by atoms with van der Waals surface area (Å²) in [6.07, 6.45) is 0. The molecule has 0 unspecified atom stereocenters. The van der Waals surface area contributed by atoms with Crippen LogP contribution in [0.2, 0.25) is 0 Å². The number of carbonyl (C=O) groups is 1. The van der Waals surface area contributed by atoms with E-state index in [-0.39, 0.29) is 12.4 Å². The van der Waals surface area contributed by atoms with Crippen molar-refractivity contribution in [2.45, 2.75) is 6.61 Å². The summed E-state index contributed by atoms with van der Waals surface area (Å²) in [5.74, 6) is -0.808. The fourth-order valence-corrected chi connectivity index (χ4v) is 3.03. The molecular formula is C18H14FNO2S. The highest BCUT2D eigenvalue weighted by Crippen LogP contribution is 2.34. The lowest BCUT2D eigenvalue weighted by Crippen LogP contribution is -2.07. The summed E-state index contributed by atoms with van der Waals surface area (Å²) in [5.41, 5.74) is 8.54. The van der Waals surface area contributed by atoms with Gasteiger partial charge >= 0.3 is 5.97 Å². The van der Waals surface area contributed by atoms with Crippen LogP contribution in [0.4, 0.5) is 9.39 Å². The van der Waals surface area contributed by atoms with E-state index in [2.05, 4.69) is 0 Å². The van der Waals surface area contributed by atoms with Crippen molar-refractivity contribution in [1.29, 1.82) is 0 Å². The molecule has 0 fully saturated rings. The van der Waals surface area contributed by atoms with Gasteiger partial charge in [-0.2, -0.15) is 0 Å². The van der Waals surface area contributed by atoms with Gasteiger partial charge < -0.3 is 10.5 Å². The predicted octanol–water partition coefficient (Wildman–Crippen LogP) is 4.49. The van der Waals surface area contributed by atoms with Crippen molar-refractivity contribution in [3.8, 4) is 11.1 Å². The number of ether oxygens (including phenoxy) is 1. The van der Waals surface area contributed by atoms with Gasteiger partial charge in [0.1, 0.15) is 23.0 Å². The third-order valence-corrected chi connectivity index (χ3v) is 4.20. The lowest BCUT2D eigenvalue weighted by molar-refractivity contribution is 0.0475. The maximum atomic E-state index is 13.1. The van der Waals surface area contributed by atoms with Crippen LogP contribution in [0.3, 0.4) is 0 Å². The molecule has 0 spiro atoms. The van der Waals surface area contributed by atoms with Gasteiger partial charge in [0.2, 0.25) is 0 Å². The molecule has 5 heteroatoms. The first kappa shape index (κ1) is 15.2. The Kier molecular flexibility index (Phi) is 4.39. The van der Waals surface area contributed by atoms with Crippen molar-refractivity contribution >= 4 is 22.3 Å². The van der Waals surface area contributed by atoms with Gasteiger partial charge in [-0.25, -0.2) is 9.18 Å². The number of nitrogen functional groups attached to an aromatic ring is 1.